The van der Waals surface area contributed by atoms with Crippen molar-refractivity contribution in [3.8, 4) is 0 Å². The van der Waals surface area contributed by atoms with Crippen LogP contribution in [0.2, 0.25) is 0 Å². The lowest BCUT2D eigenvalue weighted by molar-refractivity contribution is 0.178. The highest BCUT2D eigenvalue weighted by atomic mass is 127. The Balaban J connectivity index is 0.00000450. The quantitative estimate of drug-likeness (QED) is 0.271. The van der Waals surface area contributed by atoms with Crippen LogP contribution in [0.3, 0.4) is 0 Å². The van der Waals surface area contributed by atoms with E-state index in [4.69, 9.17) is 4.99 Å². The van der Waals surface area contributed by atoms with Crippen LogP contribution in [0, 0.1) is 0 Å². The van der Waals surface area contributed by atoms with Gasteiger partial charge in [0.15, 0.2) is 5.96 Å². The molecule has 1 aromatic heterocycles. The number of nitrogens with one attached hydrogen (secondary N) is 2. The third kappa shape index (κ3) is 9.30. The lowest BCUT2D eigenvalue weighted by Crippen LogP contribution is -2.48. The van der Waals surface area contributed by atoms with Crippen LogP contribution in [0.5, 0.6) is 0 Å². The Morgan fingerprint density at radius 2 is 1.70 bits per heavy atom. The molecule has 0 bridgehead atoms. The minimum Gasteiger partial charge on any atom is -0.357 e. The number of aliphatic imine (C=N–C) groups is 1. The molecule has 0 aliphatic carbocycles. The minimum absolute atomic E-state index is 0. The number of halogens is 1. The summed E-state index contributed by atoms with van der Waals surface area (Å²) in [5.41, 5.74) is 0. The van der Waals surface area contributed by atoms with Crippen LogP contribution in [0.4, 0.5) is 5.95 Å². The van der Waals surface area contributed by atoms with Gasteiger partial charge in [-0.25, -0.2) is 9.97 Å². The maximum Gasteiger partial charge on any atom is 0.225 e. The van der Waals surface area contributed by atoms with Crippen molar-refractivity contribution in [2.45, 2.75) is 46.7 Å². The SMILES string of the molecule is CCNC(=NCCN1CCN(c2ncccn2)CC1)NCCN(C(C)C)C(C)C.I. The molecule has 8 nitrogen and oxygen atoms in total. The smallest absolute Gasteiger partial charge is 0.225 e. The van der Waals surface area contributed by atoms with E-state index in [0.717, 1.165) is 70.8 Å². The van der Waals surface area contributed by atoms with Gasteiger partial charge in [0, 0.05) is 76.8 Å². The van der Waals surface area contributed by atoms with E-state index in [0.29, 0.717) is 12.1 Å². The molecule has 9 heteroatoms. The number of hydrogen-bond acceptors (Lipinski definition) is 6. The molecule has 30 heavy (non-hydrogen) atoms. The molecule has 2 N–H and O–H groups in total. The van der Waals surface area contributed by atoms with Crippen molar-refractivity contribution >= 4 is 35.9 Å². The molecule has 172 valence electrons. The average molecular weight is 533 g/mol. The van der Waals surface area contributed by atoms with Crippen molar-refractivity contribution in [3.63, 3.8) is 0 Å². The first kappa shape index (κ1) is 26.8. The van der Waals surface area contributed by atoms with Crippen molar-refractivity contribution in [2.24, 2.45) is 4.99 Å². The van der Waals surface area contributed by atoms with E-state index in [1.54, 1.807) is 12.4 Å². The second kappa shape index (κ2) is 14.7. The summed E-state index contributed by atoms with van der Waals surface area (Å²) in [6.07, 6.45) is 3.61. The molecular weight excluding hydrogens is 491 g/mol. The topological polar surface area (TPSA) is 71.9 Å². The van der Waals surface area contributed by atoms with Gasteiger partial charge in [-0.15, -0.1) is 24.0 Å². The van der Waals surface area contributed by atoms with Gasteiger partial charge < -0.3 is 15.5 Å². The largest absolute Gasteiger partial charge is 0.357 e. The molecule has 0 saturated carbocycles. The standard InChI is InChI=1S/C21H40N8.HI/c1-6-22-20(24-11-13-29(18(2)3)19(4)5)23-10-12-27-14-16-28(17-15-27)21-25-8-7-9-26-21;/h7-9,18-19H,6,10-17H2,1-5H3,(H2,22,23,24);1H. The van der Waals surface area contributed by atoms with Crippen molar-refractivity contribution in [3.05, 3.63) is 18.5 Å². The number of guanidine groups is 1. The molecule has 2 heterocycles. The highest BCUT2D eigenvalue weighted by Gasteiger charge is 2.18. The van der Waals surface area contributed by atoms with Crippen LogP contribution >= 0.6 is 24.0 Å². The maximum absolute atomic E-state index is 4.77. The van der Waals surface area contributed by atoms with Crippen molar-refractivity contribution in [2.75, 3.05) is 63.8 Å². The molecule has 1 aliphatic heterocycles. The van der Waals surface area contributed by atoms with Crippen molar-refractivity contribution < 1.29 is 0 Å². The molecule has 0 unspecified atom stereocenters. The van der Waals surface area contributed by atoms with Crippen LogP contribution in [0.1, 0.15) is 34.6 Å². The third-order valence-corrected chi connectivity index (χ3v) is 5.23. The van der Waals surface area contributed by atoms with E-state index >= 15 is 0 Å². The normalized spacial score (nSPS) is 15.6. The lowest BCUT2D eigenvalue weighted by Gasteiger charge is -2.34. The molecule has 0 atom stereocenters. The van der Waals surface area contributed by atoms with Gasteiger partial charge in [-0.05, 0) is 40.7 Å². The Morgan fingerprint density at radius 3 is 2.27 bits per heavy atom. The van der Waals surface area contributed by atoms with E-state index in [-0.39, 0.29) is 24.0 Å². The summed E-state index contributed by atoms with van der Waals surface area (Å²) in [5.74, 6) is 1.75. The summed E-state index contributed by atoms with van der Waals surface area (Å²) >= 11 is 0. The zero-order valence-corrected chi connectivity index (χ0v) is 21.7. The summed E-state index contributed by atoms with van der Waals surface area (Å²) in [4.78, 5) is 20.7. The van der Waals surface area contributed by atoms with Gasteiger partial charge in [0.05, 0.1) is 6.54 Å². The Hall–Kier alpha value is -1.20. The van der Waals surface area contributed by atoms with Gasteiger partial charge in [0.25, 0.3) is 0 Å². The van der Waals surface area contributed by atoms with Crippen LogP contribution in [-0.4, -0.2) is 96.7 Å². The monoisotopic (exact) mass is 532 g/mol. The minimum atomic E-state index is 0. The number of rotatable bonds is 10. The van der Waals surface area contributed by atoms with Crippen molar-refractivity contribution in [1.82, 2.24) is 30.4 Å². The zero-order chi connectivity index (χ0) is 21.1. The highest BCUT2D eigenvalue weighted by molar-refractivity contribution is 14.0. The number of piperazine rings is 1. The fourth-order valence-corrected chi connectivity index (χ4v) is 3.69. The van der Waals surface area contributed by atoms with Crippen LogP contribution in [0.25, 0.3) is 0 Å². The van der Waals surface area contributed by atoms with Gasteiger partial charge in [-0.3, -0.25) is 14.8 Å². The predicted molar refractivity (Wildman–Crippen MR) is 137 cm³/mol. The Labute approximate surface area is 199 Å². The Bertz CT molecular complexity index is 580. The van der Waals surface area contributed by atoms with Crippen LogP contribution in [-0.2, 0) is 0 Å². The van der Waals surface area contributed by atoms with Gasteiger partial charge in [-0.1, -0.05) is 0 Å². The van der Waals surface area contributed by atoms with Gasteiger partial charge in [0.2, 0.25) is 5.95 Å². The van der Waals surface area contributed by atoms with E-state index in [2.05, 4.69) is 69.9 Å². The molecule has 1 saturated heterocycles. The lowest BCUT2D eigenvalue weighted by atomic mass is 10.2. The predicted octanol–water partition coefficient (Wildman–Crippen LogP) is 1.89. The first-order chi connectivity index (χ1) is 14.0. The molecule has 0 aromatic carbocycles. The molecule has 0 amide bonds. The van der Waals surface area contributed by atoms with E-state index in [1.807, 2.05) is 6.07 Å². The summed E-state index contributed by atoms with van der Waals surface area (Å²) in [5, 5.41) is 6.84. The number of nitrogens with zero attached hydrogens (tertiary/aromatic N) is 6. The molecule has 1 aliphatic rings. The first-order valence-electron chi connectivity index (χ1n) is 11.0. The molecule has 2 rings (SSSR count). The zero-order valence-electron chi connectivity index (χ0n) is 19.3. The first-order valence-corrected chi connectivity index (χ1v) is 11.0. The number of hydrogen-bond donors (Lipinski definition) is 2. The van der Waals surface area contributed by atoms with E-state index < -0.39 is 0 Å². The van der Waals surface area contributed by atoms with Gasteiger partial charge in [0.1, 0.15) is 0 Å². The van der Waals surface area contributed by atoms with Crippen LogP contribution in [0.15, 0.2) is 23.5 Å². The number of aromatic nitrogens is 2. The summed E-state index contributed by atoms with van der Waals surface area (Å²) in [6, 6.07) is 2.96. The summed E-state index contributed by atoms with van der Waals surface area (Å²) < 4.78 is 0. The van der Waals surface area contributed by atoms with Gasteiger partial charge >= 0.3 is 0 Å². The third-order valence-electron chi connectivity index (χ3n) is 5.23. The maximum atomic E-state index is 4.77. The molecule has 0 radical (unpaired) electrons. The van der Waals surface area contributed by atoms with E-state index in [1.165, 1.54) is 0 Å². The second-order valence-corrected chi connectivity index (χ2v) is 7.99. The summed E-state index contributed by atoms with van der Waals surface area (Å²) in [6.45, 7) is 19.7. The average Bonchev–Trinajstić information content (AvgIpc) is 2.71. The Morgan fingerprint density at radius 1 is 1.07 bits per heavy atom. The molecule has 0 spiro atoms. The highest BCUT2D eigenvalue weighted by Crippen LogP contribution is 2.09. The molecule has 1 aromatic rings. The fourth-order valence-electron chi connectivity index (χ4n) is 3.69. The van der Waals surface area contributed by atoms with Crippen molar-refractivity contribution in [1.29, 1.82) is 0 Å². The number of anilines is 1. The van der Waals surface area contributed by atoms with Crippen LogP contribution < -0.4 is 15.5 Å². The summed E-state index contributed by atoms with van der Waals surface area (Å²) in [7, 11) is 0. The molecule has 1 fully saturated rings. The Kier molecular flexibility index (Phi) is 13.2. The van der Waals surface area contributed by atoms with E-state index in [9.17, 15) is 0 Å². The van der Waals surface area contributed by atoms with Gasteiger partial charge in [-0.2, -0.15) is 0 Å². The fraction of sp³-hybridized carbons (Fsp3) is 0.762. The second-order valence-electron chi connectivity index (χ2n) is 7.99. The molecular formula is C21H41IN8.